The van der Waals surface area contributed by atoms with Crippen LogP contribution >= 0.6 is 11.8 Å². The van der Waals surface area contributed by atoms with Gasteiger partial charge in [-0.15, -0.1) is 0 Å². The van der Waals surface area contributed by atoms with Crippen LogP contribution in [0.3, 0.4) is 0 Å². The molecule has 0 saturated carbocycles. The highest BCUT2D eigenvalue weighted by molar-refractivity contribution is 7.99. The minimum absolute atomic E-state index is 0.0354. The van der Waals surface area contributed by atoms with Crippen LogP contribution in [0.2, 0.25) is 0 Å². The Morgan fingerprint density at radius 3 is 2.65 bits per heavy atom. The molecule has 146 valence electrons. The van der Waals surface area contributed by atoms with Crippen LogP contribution in [-0.2, 0) is 11.3 Å². The Labute approximate surface area is 161 Å². The highest BCUT2D eigenvalue weighted by atomic mass is 32.2. The number of rotatable bonds is 9. The van der Waals surface area contributed by atoms with Crippen LogP contribution < -0.4 is 15.4 Å². The minimum atomic E-state index is -0.0662. The van der Waals surface area contributed by atoms with Crippen molar-refractivity contribution in [1.82, 2.24) is 15.5 Å². The normalized spacial score (nSPS) is 11.8. The topological polar surface area (TPSA) is 66.0 Å². The molecule has 26 heavy (non-hydrogen) atoms. The highest BCUT2D eigenvalue weighted by Crippen LogP contribution is 2.19. The summed E-state index contributed by atoms with van der Waals surface area (Å²) in [5.74, 6) is 1.40. The molecule has 0 unspecified atom stereocenters. The Morgan fingerprint density at radius 1 is 1.31 bits per heavy atom. The van der Waals surface area contributed by atoms with Gasteiger partial charge in [0, 0.05) is 31.9 Å². The molecule has 0 aromatic heterocycles. The number of likely N-dealkylation sites (N-methyl/N-ethyl adjacent to an activating group) is 1. The van der Waals surface area contributed by atoms with Crippen molar-refractivity contribution in [3.63, 3.8) is 0 Å². The van der Waals surface area contributed by atoms with Gasteiger partial charge in [0.15, 0.2) is 12.6 Å². The first-order valence-electron chi connectivity index (χ1n) is 8.76. The minimum Gasteiger partial charge on any atom is -0.484 e. The molecule has 2 N–H and O–H groups in total. The van der Waals surface area contributed by atoms with E-state index in [1.54, 1.807) is 14.1 Å². The van der Waals surface area contributed by atoms with E-state index in [0.717, 1.165) is 24.6 Å². The van der Waals surface area contributed by atoms with Gasteiger partial charge in [-0.2, -0.15) is 11.8 Å². The second-order valence-corrected chi connectivity index (χ2v) is 8.25. The van der Waals surface area contributed by atoms with E-state index >= 15 is 0 Å². The molecule has 0 aliphatic carbocycles. The van der Waals surface area contributed by atoms with Crippen LogP contribution in [0.1, 0.15) is 26.3 Å². The number of nitrogens with one attached hydrogen (secondary N) is 2. The lowest BCUT2D eigenvalue weighted by Crippen LogP contribution is -2.43. The van der Waals surface area contributed by atoms with Crippen molar-refractivity contribution in [2.75, 3.05) is 40.0 Å². The zero-order valence-corrected chi connectivity index (χ0v) is 17.6. The molecule has 0 atom stereocenters. The molecule has 7 heteroatoms. The number of guanidine groups is 1. The Morgan fingerprint density at radius 2 is 2.04 bits per heavy atom. The summed E-state index contributed by atoms with van der Waals surface area (Å²) in [5, 5.41) is 6.65. The van der Waals surface area contributed by atoms with Crippen LogP contribution in [-0.4, -0.2) is 61.6 Å². The molecule has 0 heterocycles. The van der Waals surface area contributed by atoms with Crippen LogP contribution in [0.4, 0.5) is 0 Å². The molecule has 0 aliphatic heterocycles. The second-order valence-electron chi connectivity index (χ2n) is 6.74. The van der Waals surface area contributed by atoms with Crippen LogP contribution in [0.15, 0.2) is 29.3 Å². The summed E-state index contributed by atoms with van der Waals surface area (Å²) in [4.78, 5) is 17.8. The number of ether oxygens (including phenoxy) is 1. The molecular formula is C19H32N4O2S. The standard InChI is InChI=1S/C19H32N4O2S/c1-7-20-18(22-14-19(2,3)26-6)21-12-15-9-8-10-16(11-15)25-13-17(24)23(4)5/h8-11H,7,12-14H2,1-6H3,(H2,20,21,22). The first-order valence-corrected chi connectivity index (χ1v) is 9.99. The largest absolute Gasteiger partial charge is 0.484 e. The van der Waals surface area contributed by atoms with Gasteiger partial charge in [0.1, 0.15) is 5.75 Å². The molecule has 0 fully saturated rings. The maximum absolute atomic E-state index is 11.6. The van der Waals surface area contributed by atoms with E-state index in [9.17, 15) is 4.79 Å². The molecule has 0 saturated heterocycles. The first-order chi connectivity index (χ1) is 12.3. The van der Waals surface area contributed by atoms with Crippen LogP contribution in [0.5, 0.6) is 5.75 Å². The van der Waals surface area contributed by atoms with E-state index < -0.39 is 0 Å². The zero-order valence-electron chi connectivity index (χ0n) is 16.8. The third-order valence-electron chi connectivity index (χ3n) is 3.76. The van der Waals surface area contributed by atoms with Crippen molar-refractivity contribution < 1.29 is 9.53 Å². The van der Waals surface area contributed by atoms with Gasteiger partial charge in [0.05, 0.1) is 6.54 Å². The fourth-order valence-corrected chi connectivity index (χ4v) is 2.11. The average Bonchev–Trinajstić information content (AvgIpc) is 2.62. The predicted octanol–water partition coefficient (Wildman–Crippen LogP) is 2.35. The molecule has 1 aromatic carbocycles. The predicted molar refractivity (Wildman–Crippen MR) is 111 cm³/mol. The lowest BCUT2D eigenvalue weighted by Gasteiger charge is -2.23. The summed E-state index contributed by atoms with van der Waals surface area (Å²) in [5.41, 5.74) is 1.03. The maximum Gasteiger partial charge on any atom is 0.259 e. The van der Waals surface area contributed by atoms with Gasteiger partial charge >= 0.3 is 0 Å². The molecule has 1 amide bonds. The summed E-state index contributed by atoms with van der Waals surface area (Å²) in [7, 11) is 3.43. The third-order valence-corrected chi connectivity index (χ3v) is 5.01. The Kier molecular flexibility index (Phi) is 9.34. The molecule has 0 spiro atoms. The monoisotopic (exact) mass is 380 g/mol. The van der Waals surface area contributed by atoms with E-state index in [1.807, 2.05) is 43.0 Å². The number of hydrogen-bond acceptors (Lipinski definition) is 4. The molecule has 0 radical (unpaired) electrons. The first kappa shape index (κ1) is 22.2. The van der Waals surface area contributed by atoms with Crippen molar-refractivity contribution in [3.8, 4) is 5.75 Å². The van der Waals surface area contributed by atoms with Gasteiger partial charge in [-0.1, -0.05) is 12.1 Å². The quantitative estimate of drug-likeness (QED) is 0.509. The number of amides is 1. The van der Waals surface area contributed by atoms with E-state index in [0.29, 0.717) is 12.3 Å². The van der Waals surface area contributed by atoms with E-state index in [1.165, 1.54) is 4.90 Å². The van der Waals surface area contributed by atoms with Crippen LogP contribution in [0, 0.1) is 0 Å². The molecule has 1 rings (SSSR count). The smallest absolute Gasteiger partial charge is 0.259 e. The summed E-state index contributed by atoms with van der Waals surface area (Å²) in [6, 6.07) is 7.68. The van der Waals surface area contributed by atoms with Gasteiger partial charge in [0.2, 0.25) is 0 Å². The van der Waals surface area contributed by atoms with Gasteiger partial charge in [-0.25, -0.2) is 4.99 Å². The van der Waals surface area contributed by atoms with E-state index in [4.69, 9.17) is 4.74 Å². The lowest BCUT2D eigenvalue weighted by molar-refractivity contribution is -0.130. The van der Waals surface area contributed by atoms with Crippen molar-refractivity contribution >= 4 is 23.6 Å². The number of benzene rings is 1. The Balaban J connectivity index is 2.68. The molecule has 0 aliphatic rings. The SMILES string of the molecule is CCNC(=NCc1cccc(OCC(=O)N(C)C)c1)NCC(C)(C)SC. The van der Waals surface area contributed by atoms with E-state index in [2.05, 4.69) is 35.7 Å². The number of nitrogens with zero attached hydrogens (tertiary/aromatic N) is 2. The summed E-state index contributed by atoms with van der Waals surface area (Å²) in [6.07, 6.45) is 2.11. The van der Waals surface area contributed by atoms with E-state index in [-0.39, 0.29) is 17.3 Å². The zero-order chi connectivity index (χ0) is 19.6. The van der Waals surface area contributed by atoms with Crippen molar-refractivity contribution in [1.29, 1.82) is 0 Å². The Hall–Kier alpha value is -1.89. The molecular weight excluding hydrogens is 348 g/mol. The van der Waals surface area contributed by atoms with Crippen molar-refractivity contribution in [2.24, 2.45) is 4.99 Å². The summed E-state index contributed by atoms with van der Waals surface area (Å²) in [6.45, 7) is 8.65. The molecule has 1 aromatic rings. The van der Waals surface area contributed by atoms with Crippen molar-refractivity contribution in [3.05, 3.63) is 29.8 Å². The fourth-order valence-electron chi connectivity index (χ4n) is 1.89. The third kappa shape index (κ3) is 8.47. The van der Waals surface area contributed by atoms with Crippen molar-refractivity contribution in [2.45, 2.75) is 32.1 Å². The fraction of sp³-hybridized carbons (Fsp3) is 0.579. The number of aliphatic imine (C=N–C) groups is 1. The number of hydrogen-bond donors (Lipinski definition) is 2. The number of carbonyl (C=O) groups excluding carboxylic acids is 1. The second kappa shape index (κ2) is 11.0. The number of carbonyl (C=O) groups is 1. The molecule has 6 nitrogen and oxygen atoms in total. The average molecular weight is 381 g/mol. The lowest BCUT2D eigenvalue weighted by atomic mass is 10.2. The van der Waals surface area contributed by atoms with Crippen LogP contribution in [0.25, 0.3) is 0 Å². The van der Waals surface area contributed by atoms with Gasteiger partial charge in [0.25, 0.3) is 5.91 Å². The number of thioether (sulfide) groups is 1. The molecule has 0 bridgehead atoms. The maximum atomic E-state index is 11.6. The summed E-state index contributed by atoms with van der Waals surface area (Å²) < 4.78 is 5.70. The van der Waals surface area contributed by atoms with Gasteiger partial charge < -0.3 is 20.3 Å². The highest BCUT2D eigenvalue weighted by Gasteiger charge is 2.16. The Bertz CT molecular complexity index is 603. The van der Waals surface area contributed by atoms with Gasteiger partial charge in [-0.3, -0.25) is 4.79 Å². The summed E-state index contributed by atoms with van der Waals surface area (Å²) >= 11 is 1.82. The van der Waals surface area contributed by atoms with Gasteiger partial charge in [-0.05, 0) is 44.7 Å².